The molecule has 2 aromatic rings. The summed E-state index contributed by atoms with van der Waals surface area (Å²) in [5.41, 5.74) is 2.16. The third-order valence-electron chi connectivity index (χ3n) is 4.27. The third kappa shape index (κ3) is 4.96. The lowest BCUT2D eigenvalue weighted by atomic mass is 10.1. The first-order valence-electron chi connectivity index (χ1n) is 8.56. The fraction of sp³-hybridized carbons (Fsp3) is 0.238. The molecule has 1 atom stereocenters. The number of ether oxygens (including phenoxy) is 2. The smallest absolute Gasteiger partial charge is 0.267 e. The zero-order chi connectivity index (χ0) is 20.7. The molecule has 0 bridgehead atoms. The van der Waals surface area contributed by atoms with Crippen LogP contribution < -0.4 is 20.1 Å². The van der Waals surface area contributed by atoms with Gasteiger partial charge in [0.15, 0.2) is 11.5 Å². The summed E-state index contributed by atoms with van der Waals surface area (Å²) in [6.07, 6.45) is 1.40. The van der Waals surface area contributed by atoms with Crippen molar-refractivity contribution in [3.63, 3.8) is 0 Å². The maximum absolute atomic E-state index is 12.4. The number of carbonyl (C=O) groups is 1. The number of amides is 1. The molecular weight excluding hydrogens is 378 g/mol. The van der Waals surface area contributed by atoms with E-state index in [2.05, 4.69) is 10.6 Å². The maximum Gasteiger partial charge on any atom is 0.267 e. The maximum atomic E-state index is 12.4. The summed E-state index contributed by atoms with van der Waals surface area (Å²) in [5.74, 6) is 0.718. The Labute approximate surface area is 169 Å². The van der Waals surface area contributed by atoms with Crippen LogP contribution in [0.2, 0.25) is 5.02 Å². The largest absolute Gasteiger partial charge is 0.493 e. The number of hydrogen-bond acceptors (Lipinski definition) is 5. The second-order valence-corrected chi connectivity index (χ2v) is 6.45. The lowest BCUT2D eigenvalue weighted by Crippen LogP contribution is -2.19. The molecule has 0 aliphatic rings. The van der Waals surface area contributed by atoms with E-state index in [0.29, 0.717) is 22.2 Å². The summed E-state index contributed by atoms with van der Waals surface area (Å²) >= 11 is 6.07. The number of hydrogen-bond donors (Lipinski definition) is 2. The molecule has 0 aliphatic carbocycles. The Morgan fingerprint density at radius 1 is 1.21 bits per heavy atom. The Morgan fingerprint density at radius 2 is 1.93 bits per heavy atom. The molecule has 2 aromatic carbocycles. The van der Waals surface area contributed by atoms with Gasteiger partial charge in [-0.1, -0.05) is 23.7 Å². The van der Waals surface area contributed by atoms with Crippen LogP contribution in [0.3, 0.4) is 0 Å². The van der Waals surface area contributed by atoms with Gasteiger partial charge in [-0.3, -0.25) is 4.79 Å². The van der Waals surface area contributed by atoms with E-state index in [0.717, 1.165) is 11.1 Å². The molecule has 28 heavy (non-hydrogen) atoms. The number of anilines is 1. The molecule has 0 fully saturated rings. The predicted octanol–water partition coefficient (Wildman–Crippen LogP) is 4.36. The van der Waals surface area contributed by atoms with Gasteiger partial charge in [0.05, 0.1) is 14.2 Å². The molecule has 146 valence electrons. The SMILES string of the molecule is COc1ccc(C(C)N/C=C(/C#N)C(=O)Nc2cccc(Cl)c2C)cc1OC. The van der Waals surface area contributed by atoms with Crippen molar-refractivity contribution in [2.75, 3.05) is 19.5 Å². The van der Waals surface area contributed by atoms with Crippen molar-refractivity contribution in [1.29, 1.82) is 5.26 Å². The third-order valence-corrected chi connectivity index (χ3v) is 4.68. The molecule has 6 nitrogen and oxygen atoms in total. The highest BCUT2D eigenvalue weighted by Gasteiger charge is 2.13. The minimum absolute atomic E-state index is 0.0493. The lowest BCUT2D eigenvalue weighted by molar-refractivity contribution is -0.112. The fourth-order valence-electron chi connectivity index (χ4n) is 2.51. The van der Waals surface area contributed by atoms with E-state index in [1.807, 2.05) is 25.1 Å². The second kappa shape index (κ2) is 9.67. The highest BCUT2D eigenvalue weighted by molar-refractivity contribution is 6.31. The number of nitrogens with one attached hydrogen (secondary N) is 2. The summed E-state index contributed by atoms with van der Waals surface area (Å²) in [5, 5.41) is 15.7. The van der Waals surface area contributed by atoms with E-state index >= 15 is 0 Å². The van der Waals surface area contributed by atoms with Crippen molar-refractivity contribution in [3.05, 3.63) is 64.3 Å². The highest BCUT2D eigenvalue weighted by atomic mass is 35.5. The van der Waals surface area contributed by atoms with Gasteiger partial charge in [-0.25, -0.2) is 0 Å². The minimum atomic E-state index is -0.514. The Bertz CT molecular complexity index is 935. The molecular formula is C21H22ClN3O3. The molecule has 2 rings (SSSR count). The summed E-state index contributed by atoms with van der Waals surface area (Å²) in [6, 6.07) is 12.5. The van der Waals surface area contributed by atoms with Crippen LogP contribution in [0, 0.1) is 18.3 Å². The summed E-state index contributed by atoms with van der Waals surface area (Å²) in [6.45, 7) is 3.71. The van der Waals surface area contributed by atoms with Crippen LogP contribution in [0.15, 0.2) is 48.2 Å². The number of benzene rings is 2. The first-order chi connectivity index (χ1) is 13.4. The van der Waals surface area contributed by atoms with Gasteiger partial charge in [0.25, 0.3) is 5.91 Å². The van der Waals surface area contributed by atoms with E-state index in [1.165, 1.54) is 6.20 Å². The number of carbonyl (C=O) groups excluding carboxylic acids is 1. The number of rotatable bonds is 7. The van der Waals surface area contributed by atoms with Crippen LogP contribution >= 0.6 is 11.6 Å². The second-order valence-electron chi connectivity index (χ2n) is 6.04. The Balaban J connectivity index is 2.13. The molecule has 0 aromatic heterocycles. The van der Waals surface area contributed by atoms with E-state index < -0.39 is 5.91 Å². The van der Waals surface area contributed by atoms with Crippen LogP contribution in [-0.2, 0) is 4.79 Å². The summed E-state index contributed by atoms with van der Waals surface area (Å²) in [4.78, 5) is 12.4. The Morgan fingerprint density at radius 3 is 2.57 bits per heavy atom. The molecule has 2 N–H and O–H groups in total. The zero-order valence-electron chi connectivity index (χ0n) is 16.2. The first kappa shape index (κ1) is 21.1. The van der Waals surface area contributed by atoms with Crippen molar-refractivity contribution in [3.8, 4) is 17.6 Å². The van der Waals surface area contributed by atoms with E-state index in [1.54, 1.807) is 45.4 Å². The van der Waals surface area contributed by atoms with Gasteiger partial charge in [-0.05, 0) is 49.2 Å². The van der Waals surface area contributed by atoms with Gasteiger partial charge in [-0.2, -0.15) is 5.26 Å². The molecule has 1 amide bonds. The minimum Gasteiger partial charge on any atom is -0.493 e. The van der Waals surface area contributed by atoms with E-state index in [-0.39, 0.29) is 11.6 Å². The molecule has 7 heteroatoms. The highest BCUT2D eigenvalue weighted by Crippen LogP contribution is 2.30. The standard InChI is InChI=1S/C21H22ClN3O3/c1-13-17(22)6-5-7-18(13)25-21(26)16(11-23)12-24-14(2)15-8-9-19(27-3)20(10-15)28-4/h5-10,12,14,24H,1-4H3,(H,25,26)/b16-12-. The van der Waals surface area contributed by atoms with Crippen LogP contribution in [-0.4, -0.2) is 20.1 Å². The molecule has 0 saturated carbocycles. The fourth-order valence-corrected chi connectivity index (χ4v) is 2.68. The Kier molecular flexibility index (Phi) is 7.30. The van der Waals surface area contributed by atoms with Gasteiger partial charge >= 0.3 is 0 Å². The van der Waals surface area contributed by atoms with Gasteiger partial charge in [0, 0.05) is 23.0 Å². The van der Waals surface area contributed by atoms with Gasteiger partial charge in [-0.15, -0.1) is 0 Å². The van der Waals surface area contributed by atoms with Crippen LogP contribution in [0.5, 0.6) is 11.5 Å². The first-order valence-corrected chi connectivity index (χ1v) is 8.93. The van der Waals surface area contributed by atoms with Crippen molar-refractivity contribution in [2.24, 2.45) is 0 Å². The molecule has 0 radical (unpaired) electrons. The van der Waals surface area contributed by atoms with Crippen molar-refractivity contribution in [1.82, 2.24) is 5.32 Å². The molecule has 0 saturated heterocycles. The zero-order valence-corrected chi connectivity index (χ0v) is 16.9. The molecule has 0 aliphatic heterocycles. The van der Waals surface area contributed by atoms with Gasteiger partial charge < -0.3 is 20.1 Å². The number of nitrogens with zero attached hydrogens (tertiary/aromatic N) is 1. The van der Waals surface area contributed by atoms with Crippen LogP contribution in [0.4, 0.5) is 5.69 Å². The molecule has 0 heterocycles. The van der Waals surface area contributed by atoms with Crippen molar-refractivity contribution < 1.29 is 14.3 Å². The normalized spacial score (nSPS) is 11.9. The van der Waals surface area contributed by atoms with E-state index in [9.17, 15) is 10.1 Å². The summed E-state index contributed by atoms with van der Waals surface area (Å²) in [7, 11) is 3.14. The predicted molar refractivity (Wildman–Crippen MR) is 110 cm³/mol. The average Bonchev–Trinajstić information content (AvgIpc) is 2.71. The number of halogens is 1. The van der Waals surface area contributed by atoms with Gasteiger partial charge in [0.1, 0.15) is 11.6 Å². The van der Waals surface area contributed by atoms with Crippen LogP contribution in [0.1, 0.15) is 24.1 Å². The van der Waals surface area contributed by atoms with Crippen LogP contribution in [0.25, 0.3) is 0 Å². The van der Waals surface area contributed by atoms with Crippen molar-refractivity contribution >= 4 is 23.2 Å². The van der Waals surface area contributed by atoms with Crippen molar-refractivity contribution in [2.45, 2.75) is 19.9 Å². The topological polar surface area (TPSA) is 83.4 Å². The molecule has 0 spiro atoms. The number of methoxy groups -OCH3 is 2. The summed E-state index contributed by atoms with van der Waals surface area (Å²) < 4.78 is 10.5. The van der Waals surface area contributed by atoms with E-state index in [4.69, 9.17) is 21.1 Å². The number of nitriles is 1. The van der Waals surface area contributed by atoms with Gasteiger partial charge in [0.2, 0.25) is 0 Å². The monoisotopic (exact) mass is 399 g/mol. The molecule has 1 unspecified atom stereocenters. The quantitative estimate of drug-likeness (QED) is 0.533. The average molecular weight is 400 g/mol. The Hall–Kier alpha value is -3.17. The lowest BCUT2D eigenvalue weighted by Gasteiger charge is -2.15.